The lowest BCUT2D eigenvalue weighted by molar-refractivity contribution is -0.164. The summed E-state index contributed by atoms with van der Waals surface area (Å²) in [5, 5.41) is 0. The van der Waals surface area contributed by atoms with Gasteiger partial charge in [0.25, 0.3) is 0 Å². The normalized spacial score (nSPS) is 12.1. The summed E-state index contributed by atoms with van der Waals surface area (Å²) in [6.07, 6.45) is -12.0. The van der Waals surface area contributed by atoms with E-state index in [-0.39, 0.29) is 6.07 Å². The standard InChI is InChI=1S/C20H9F11N2O2/c21-8-1-6(32)3-11(16(8)23)34-10-5-13(35-12-4-7(33)2-9(22)17(12)24)18(25)15(20(29,30)31)14(10)19(26,27)28/h1-5H,32-33H2. The summed E-state index contributed by atoms with van der Waals surface area (Å²) in [5.74, 6) is -16.3. The Morgan fingerprint density at radius 3 is 1.26 bits per heavy atom. The lowest BCUT2D eigenvalue weighted by Crippen LogP contribution is -2.20. The summed E-state index contributed by atoms with van der Waals surface area (Å²) in [6.45, 7) is 0. The molecule has 3 rings (SSSR count). The second-order valence-electron chi connectivity index (χ2n) is 6.77. The molecule has 0 heterocycles. The number of ether oxygens (including phenoxy) is 2. The van der Waals surface area contributed by atoms with Crippen LogP contribution < -0.4 is 20.9 Å². The number of rotatable bonds is 4. The first kappa shape index (κ1) is 25.7. The minimum absolute atomic E-state index is 0.144. The topological polar surface area (TPSA) is 70.5 Å². The van der Waals surface area contributed by atoms with Gasteiger partial charge in [-0.2, -0.15) is 35.1 Å². The Morgan fingerprint density at radius 2 is 0.857 bits per heavy atom. The van der Waals surface area contributed by atoms with Gasteiger partial charge in [-0.15, -0.1) is 0 Å². The van der Waals surface area contributed by atoms with E-state index >= 15 is 0 Å². The van der Waals surface area contributed by atoms with E-state index in [1.807, 2.05) is 0 Å². The van der Waals surface area contributed by atoms with Crippen LogP contribution in [0.5, 0.6) is 23.0 Å². The molecule has 0 aliphatic carbocycles. The van der Waals surface area contributed by atoms with Gasteiger partial charge in [0, 0.05) is 41.7 Å². The molecule has 15 heteroatoms. The molecule has 3 aromatic carbocycles. The smallest absolute Gasteiger partial charge is 0.420 e. The van der Waals surface area contributed by atoms with Crippen LogP contribution in [0.4, 0.5) is 59.7 Å². The number of nitrogens with two attached hydrogens (primary N) is 2. The first-order valence-electron chi connectivity index (χ1n) is 8.86. The summed E-state index contributed by atoms with van der Waals surface area (Å²) in [6, 6.07) is 1.61. The van der Waals surface area contributed by atoms with Crippen LogP contribution in [0.1, 0.15) is 11.1 Å². The molecular formula is C20H9F11N2O2. The molecule has 0 bridgehead atoms. The lowest BCUT2D eigenvalue weighted by Gasteiger charge is -2.22. The van der Waals surface area contributed by atoms with Gasteiger partial charge < -0.3 is 20.9 Å². The molecule has 0 aliphatic heterocycles. The van der Waals surface area contributed by atoms with Gasteiger partial charge in [0.1, 0.15) is 16.9 Å². The van der Waals surface area contributed by atoms with Crippen molar-refractivity contribution in [3.8, 4) is 23.0 Å². The average molecular weight is 518 g/mol. The lowest BCUT2D eigenvalue weighted by atomic mass is 10.0. The van der Waals surface area contributed by atoms with E-state index in [2.05, 4.69) is 9.47 Å². The summed E-state index contributed by atoms with van der Waals surface area (Å²) < 4.78 is 160. The molecule has 188 valence electrons. The molecule has 0 aromatic heterocycles. The maximum absolute atomic E-state index is 14.7. The Kier molecular flexibility index (Phi) is 6.39. The number of halogens is 11. The van der Waals surface area contributed by atoms with Crippen molar-refractivity contribution >= 4 is 11.4 Å². The quantitative estimate of drug-likeness (QED) is 0.284. The van der Waals surface area contributed by atoms with Crippen LogP contribution in [0, 0.1) is 29.1 Å². The predicted octanol–water partition coefficient (Wildman–Crippen LogP) is 7.17. The fourth-order valence-electron chi connectivity index (χ4n) is 2.87. The average Bonchev–Trinajstić information content (AvgIpc) is 2.69. The van der Waals surface area contributed by atoms with E-state index < -0.39 is 86.9 Å². The van der Waals surface area contributed by atoms with Crippen LogP contribution in [0.25, 0.3) is 0 Å². The van der Waals surface area contributed by atoms with Crippen molar-refractivity contribution < 1.29 is 57.8 Å². The maximum atomic E-state index is 14.7. The SMILES string of the molecule is Nc1cc(F)c(F)c(Oc2cc(Oc3cc(N)cc(F)c3F)c(C(F)(F)F)c(C(F)(F)F)c2F)c1. The minimum Gasteiger partial charge on any atom is -0.453 e. The Bertz CT molecular complexity index is 1300. The van der Waals surface area contributed by atoms with E-state index in [4.69, 9.17) is 11.5 Å². The largest absolute Gasteiger partial charge is 0.453 e. The van der Waals surface area contributed by atoms with E-state index in [1.54, 1.807) is 0 Å². The number of alkyl halides is 6. The molecule has 4 N–H and O–H groups in total. The molecule has 0 amide bonds. The zero-order valence-corrected chi connectivity index (χ0v) is 16.5. The Balaban J connectivity index is 2.33. The molecule has 0 unspecified atom stereocenters. The summed E-state index contributed by atoms with van der Waals surface area (Å²) >= 11 is 0. The minimum atomic E-state index is -6.06. The van der Waals surface area contributed by atoms with Crippen molar-refractivity contribution in [2.24, 2.45) is 0 Å². The van der Waals surface area contributed by atoms with Crippen molar-refractivity contribution in [2.45, 2.75) is 12.4 Å². The molecule has 0 fully saturated rings. The number of anilines is 2. The molecule has 35 heavy (non-hydrogen) atoms. The fourth-order valence-corrected chi connectivity index (χ4v) is 2.87. The third-order valence-corrected chi connectivity index (χ3v) is 4.24. The van der Waals surface area contributed by atoms with Gasteiger partial charge in [-0.1, -0.05) is 0 Å². The van der Waals surface area contributed by atoms with Crippen LogP contribution in [-0.2, 0) is 12.4 Å². The van der Waals surface area contributed by atoms with Crippen LogP contribution in [-0.4, -0.2) is 0 Å². The van der Waals surface area contributed by atoms with Gasteiger partial charge in [0.05, 0.1) is 0 Å². The molecule has 3 aromatic rings. The third-order valence-electron chi connectivity index (χ3n) is 4.24. The summed E-state index contributed by atoms with van der Waals surface area (Å²) in [4.78, 5) is 0. The van der Waals surface area contributed by atoms with E-state index in [0.29, 0.717) is 24.3 Å². The predicted molar refractivity (Wildman–Crippen MR) is 98.1 cm³/mol. The highest BCUT2D eigenvalue weighted by Crippen LogP contribution is 2.50. The van der Waals surface area contributed by atoms with Gasteiger partial charge in [0.2, 0.25) is 11.6 Å². The molecule has 0 saturated carbocycles. The molecule has 0 saturated heterocycles. The second kappa shape index (κ2) is 8.70. The van der Waals surface area contributed by atoms with Gasteiger partial charge in [-0.05, 0) is 0 Å². The maximum Gasteiger partial charge on any atom is 0.420 e. The van der Waals surface area contributed by atoms with Crippen molar-refractivity contribution in [1.29, 1.82) is 0 Å². The van der Waals surface area contributed by atoms with E-state index in [1.165, 1.54) is 0 Å². The Hall–Kier alpha value is -3.91. The zero-order chi connectivity index (χ0) is 26.5. The Morgan fingerprint density at radius 1 is 0.486 bits per heavy atom. The van der Waals surface area contributed by atoms with Gasteiger partial charge in [-0.25, -0.2) is 13.2 Å². The molecule has 0 atom stereocenters. The van der Waals surface area contributed by atoms with Crippen LogP contribution in [0.15, 0.2) is 30.3 Å². The summed E-state index contributed by atoms with van der Waals surface area (Å²) in [7, 11) is 0. The monoisotopic (exact) mass is 518 g/mol. The molecule has 4 nitrogen and oxygen atoms in total. The van der Waals surface area contributed by atoms with Crippen molar-refractivity contribution in [2.75, 3.05) is 11.5 Å². The number of nitrogen functional groups attached to an aromatic ring is 2. The van der Waals surface area contributed by atoms with Crippen molar-refractivity contribution in [3.05, 3.63) is 70.5 Å². The third kappa shape index (κ3) is 5.12. The molecule has 0 spiro atoms. The number of benzene rings is 3. The Labute approximate surface area is 187 Å². The van der Waals surface area contributed by atoms with E-state index in [0.717, 1.165) is 0 Å². The van der Waals surface area contributed by atoms with Crippen LogP contribution in [0.2, 0.25) is 0 Å². The zero-order valence-electron chi connectivity index (χ0n) is 16.5. The van der Waals surface area contributed by atoms with Crippen LogP contribution >= 0.6 is 0 Å². The van der Waals surface area contributed by atoms with Gasteiger partial charge in [-0.3, -0.25) is 0 Å². The highest BCUT2D eigenvalue weighted by Gasteiger charge is 2.49. The van der Waals surface area contributed by atoms with Crippen LogP contribution in [0.3, 0.4) is 0 Å². The summed E-state index contributed by atoms with van der Waals surface area (Å²) in [5.41, 5.74) is 3.58. The van der Waals surface area contributed by atoms with Gasteiger partial charge in [0.15, 0.2) is 34.7 Å². The molecular weight excluding hydrogens is 509 g/mol. The highest BCUT2D eigenvalue weighted by molar-refractivity contribution is 5.55. The highest BCUT2D eigenvalue weighted by atomic mass is 19.4. The second-order valence-corrected chi connectivity index (χ2v) is 6.77. The first-order valence-corrected chi connectivity index (χ1v) is 8.86. The molecule has 0 aliphatic rings. The van der Waals surface area contributed by atoms with E-state index in [9.17, 15) is 48.3 Å². The van der Waals surface area contributed by atoms with Crippen molar-refractivity contribution in [3.63, 3.8) is 0 Å². The number of hydrogen-bond acceptors (Lipinski definition) is 4. The first-order chi connectivity index (χ1) is 16.0. The number of hydrogen-bond donors (Lipinski definition) is 2. The molecule has 0 radical (unpaired) electrons. The van der Waals surface area contributed by atoms with Gasteiger partial charge >= 0.3 is 12.4 Å². The van der Waals surface area contributed by atoms with Crippen molar-refractivity contribution in [1.82, 2.24) is 0 Å². The fraction of sp³-hybridized carbons (Fsp3) is 0.100.